The van der Waals surface area contributed by atoms with Crippen molar-refractivity contribution in [1.29, 1.82) is 0 Å². The molecule has 5 unspecified atom stereocenters. The van der Waals surface area contributed by atoms with Crippen LogP contribution in [0.2, 0.25) is 0 Å². The number of hydrogen-bond donors (Lipinski definition) is 0. The fraction of sp³-hybridized carbons (Fsp3) is 0.750. The molecule has 1 heteroatoms. The van der Waals surface area contributed by atoms with Gasteiger partial charge in [-0.25, -0.2) is 0 Å². The van der Waals surface area contributed by atoms with Crippen LogP contribution in [0, 0.1) is 29.6 Å². The van der Waals surface area contributed by atoms with E-state index in [9.17, 15) is 0 Å². The Morgan fingerprint density at radius 3 is 1.76 bits per heavy atom. The first-order chi connectivity index (χ1) is 7.37. The van der Waals surface area contributed by atoms with E-state index in [4.69, 9.17) is 0 Å². The smallest absolute Gasteiger partial charge is 0 e. The number of rotatable bonds is 0. The summed E-state index contributed by atoms with van der Waals surface area (Å²) in [5.74, 6) is 3.86. The largest absolute Gasteiger partial charge is 0.0632 e. The zero-order valence-electron chi connectivity index (χ0n) is 12.4. The predicted octanol–water partition coefficient (Wildman–Crippen LogP) is 4.82. The molecule has 0 saturated carbocycles. The van der Waals surface area contributed by atoms with Crippen molar-refractivity contribution in [2.75, 3.05) is 0 Å². The van der Waals surface area contributed by atoms with Gasteiger partial charge in [0.05, 0.1) is 0 Å². The van der Waals surface area contributed by atoms with E-state index in [1.54, 1.807) is 22.3 Å². The third kappa shape index (κ3) is 2.02. The van der Waals surface area contributed by atoms with E-state index in [1.807, 2.05) is 0 Å². The van der Waals surface area contributed by atoms with Crippen molar-refractivity contribution in [2.45, 2.75) is 48.5 Å². The molecule has 0 bridgehead atoms. The topological polar surface area (TPSA) is 0 Å². The van der Waals surface area contributed by atoms with Crippen LogP contribution in [-0.2, 0) is 21.7 Å². The van der Waals surface area contributed by atoms with Crippen LogP contribution in [0.1, 0.15) is 48.5 Å². The Kier molecular flexibility index (Phi) is 4.54. The van der Waals surface area contributed by atoms with Crippen molar-refractivity contribution >= 4 is 0 Å². The van der Waals surface area contributed by atoms with Gasteiger partial charge in [0, 0.05) is 21.7 Å². The molecule has 0 aromatic rings. The van der Waals surface area contributed by atoms with Gasteiger partial charge in [-0.05, 0) is 54.6 Å². The van der Waals surface area contributed by atoms with E-state index >= 15 is 0 Å². The zero-order valence-corrected chi connectivity index (χ0v) is 13.9. The molecule has 2 aliphatic carbocycles. The van der Waals surface area contributed by atoms with Crippen molar-refractivity contribution in [3.05, 3.63) is 22.3 Å². The average molecular weight is 266 g/mol. The van der Waals surface area contributed by atoms with E-state index in [0.29, 0.717) is 5.92 Å². The summed E-state index contributed by atoms with van der Waals surface area (Å²) in [7, 11) is 0. The fourth-order valence-corrected chi connectivity index (χ4v) is 3.92. The summed E-state index contributed by atoms with van der Waals surface area (Å²) >= 11 is 0. The summed E-state index contributed by atoms with van der Waals surface area (Å²) in [5.41, 5.74) is 6.68. The maximum absolute atomic E-state index is 2.44. The molecule has 2 rings (SSSR count). The maximum atomic E-state index is 2.44. The Morgan fingerprint density at radius 1 is 0.765 bits per heavy atom. The number of allylic oxidation sites excluding steroid dienone is 4. The Bertz CT molecular complexity index is 375. The van der Waals surface area contributed by atoms with E-state index < -0.39 is 0 Å². The molecule has 5 atom stereocenters. The predicted molar refractivity (Wildman–Crippen MR) is 71.2 cm³/mol. The van der Waals surface area contributed by atoms with Crippen molar-refractivity contribution < 1.29 is 21.7 Å². The zero-order chi connectivity index (χ0) is 12.2. The molecule has 0 heterocycles. The van der Waals surface area contributed by atoms with Gasteiger partial charge >= 0.3 is 0 Å². The molecule has 0 saturated heterocycles. The van der Waals surface area contributed by atoms with Gasteiger partial charge in [-0.3, -0.25) is 0 Å². The fourth-order valence-electron chi connectivity index (χ4n) is 3.92. The molecular formula is C16H26Ti. The second kappa shape index (κ2) is 5.06. The summed E-state index contributed by atoms with van der Waals surface area (Å²) in [4.78, 5) is 0. The van der Waals surface area contributed by atoms with E-state index in [1.165, 1.54) is 0 Å². The quantitative estimate of drug-likeness (QED) is 0.551. The minimum atomic E-state index is 0. The van der Waals surface area contributed by atoms with Crippen LogP contribution in [0.25, 0.3) is 0 Å². The van der Waals surface area contributed by atoms with Gasteiger partial charge in [-0.1, -0.05) is 45.8 Å². The molecule has 0 N–H and O–H groups in total. The van der Waals surface area contributed by atoms with Gasteiger partial charge in [-0.15, -0.1) is 0 Å². The molecular weight excluding hydrogens is 240 g/mol. The van der Waals surface area contributed by atoms with Gasteiger partial charge in [-0.2, -0.15) is 0 Å². The monoisotopic (exact) mass is 266 g/mol. The summed E-state index contributed by atoms with van der Waals surface area (Å²) < 4.78 is 0. The van der Waals surface area contributed by atoms with E-state index in [0.717, 1.165) is 23.7 Å². The summed E-state index contributed by atoms with van der Waals surface area (Å²) in [6.07, 6.45) is 0. The summed E-state index contributed by atoms with van der Waals surface area (Å²) in [6.45, 7) is 16.8. The van der Waals surface area contributed by atoms with Gasteiger partial charge in [0.2, 0.25) is 0 Å². The third-order valence-electron chi connectivity index (χ3n) is 5.78. The Morgan fingerprint density at radius 2 is 1.24 bits per heavy atom. The Hall–Kier alpha value is 0.194. The summed E-state index contributed by atoms with van der Waals surface area (Å²) in [6, 6.07) is 0. The molecule has 0 radical (unpaired) electrons. The molecule has 0 aromatic carbocycles. The molecule has 2 aliphatic rings. The van der Waals surface area contributed by atoms with Crippen LogP contribution in [-0.4, -0.2) is 0 Å². The Balaban J connectivity index is 0.00000144. The minimum Gasteiger partial charge on any atom is -0.0632 e. The minimum absolute atomic E-state index is 0. The molecule has 94 valence electrons. The van der Waals surface area contributed by atoms with Crippen molar-refractivity contribution in [3.8, 4) is 0 Å². The molecule has 0 spiro atoms. The van der Waals surface area contributed by atoms with Gasteiger partial charge in [0.25, 0.3) is 0 Å². The van der Waals surface area contributed by atoms with Crippen LogP contribution in [0.15, 0.2) is 22.3 Å². The van der Waals surface area contributed by atoms with E-state index in [2.05, 4.69) is 48.5 Å². The first-order valence-electron chi connectivity index (χ1n) is 6.79. The van der Waals surface area contributed by atoms with E-state index in [-0.39, 0.29) is 21.7 Å². The second-order valence-electron chi connectivity index (χ2n) is 6.19. The normalized spacial score (nSPS) is 41.5. The molecule has 17 heavy (non-hydrogen) atoms. The number of hydrogen-bond acceptors (Lipinski definition) is 0. The van der Waals surface area contributed by atoms with Crippen LogP contribution < -0.4 is 0 Å². The average Bonchev–Trinajstić information content (AvgIpc) is 2.48. The van der Waals surface area contributed by atoms with Gasteiger partial charge in [0.1, 0.15) is 0 Å². The Labute approximate surface area is 122 Å². The third-order valence-corrected chi connectivity index (χ3v) is 5.78. The van der Waals surface area contributed by atoms with Crippen molar-refractivity contribution in [1.82, 2.24) is 0 Å². The van der Waals surface area contributed by atoms with Crippen LogP contribution in [0.5, 0.6) is 0 Å². The standard InChI is InChI=1S/C16H26.Ti/c1-8-9(2)12(5)16-14(7)10(3)13(6)15(16)11(8)4;/h8-9,11-13H,1-7H3;. The molecule has 0 aliphatic heterocycles. The summed E-state index contributed by atoms with van der Waals surface area (Å²) in [5, 5.41) is 0. The maximum Gasteiger partial charge on any atom is 0 e. The van der Waals surface area contributed by atoms with Crippen LogP contribution in [0.3, 0.4) is 0 Å². The second-order valence-corrected chi connectivity index (χ2v) is 6.19. The first kappa shape index (κ1) is 15.3. The van der Waals surface area contributed by atoms with Crippen LogP contribution >= 0.6 is 0 Å². The molecule has 0 aromatic heterocycles. The van der Waals surface area contributed by atoms with Gasteiger partial charge in [0.15, 0.2) is 0 Å². The molecule has 0 nitrogen and oxygen atoms in total. The SMILES string of the molecule is CC1=C(C)C(C)C2=C1C(C)C(C)C(C)C2C.[Ti]. The van der Waals surface area contributed by atoms with Crippen LogP contribution in [0.4, 0.5) is 0 Å². The van der Waals surface area contributed by atoms with Gasteiger partial charge < -0.3 is 0 Å². The first-order valence-corrected chi connectivity index (χ1v) is 6.79. The van der Waals surface area contributed by atoms with Crippen molar-refractivity contribution in [3.63, 3.8) is 0 Å². The molecule has 0 amide bonds. The van der Waals surface area contributed by atoms with Crippen molar-refractivity contribution in [2.24, 2.45) is 29.6 Å². The molecule has 0 fully saturated rings.